The Kier molecular flexibility index (Phi) is 4.34. The number of fused-ring (bicyclic) bond motifs is 1. The third-order valence-electron chi connectivity index (χ3n) is 2.51. The first-order valence-electron chi connectivity index (χ1n) is 5.60. The summed E-state index contributed by atoms with van der Waals surface area (Å²) >= 11 is 1.83. The molecule has 0 amide bonds. The van der Waals surface area contributed by atoms with Gasteiger partial charge in [0.05, 0.1) is 29.0 Å². The van der Waals surface area contributed by atoms with Gasteiger partial charge in [-0.1, -0.05) is 12.1 Å². The van der Waals surface area contributed by atoms with E-state index in [2.05, 4.69) is 9.97 Å². The number of methoxy groups -OCH3 is 1. The molecule has 4 heteroatoms. The van der Waals surface area contributed by atoms with Gasteiger partial charge >= 0.3 is 0 Å². The molecule has 17 heavy (non-hydrogen) atoms. The van der Waals surface area contributed by atoms with E-state index in [1.165, 1.54) is 0 Å². The SMILES string of the molecule is COCCSCc1nc2ccccc2nc1C. The molecule has 0 aliphatic heterocycles. The Hall–Kier alpha value is -1.13. The maximum Gasteiger partial charge on any atom is 0.0890 e. The lowest BCUT2D eigenvalue weighted by molar-refractivity contribution is 0.218. The van der Waals surface area contributed by atoms with E-state index < -0.39 is 0 Å². The van der Waals surface area contributed by atoms with Crippen molar-refractivity contribution in [1.29, 1.82) is 0 Å². The Bertz CT molecular complexity index is 502. The first kappa shape index (κ1) is 12.3. The van der Waals surface area contributed by atoms with Crippen molar-refractivity contribution >= 4 is 22.8 Å². The number of rotatable bonds is 5. The molecule has 1 aromatic carbocycles. The summed E-state index contributed by atoms with van der Waals surface area (Å²) in [6.45, 7) is 2.80. The number of nitrogens with zero attached hydrogens (tertiary/aromatic N) is 2. The van der Waals surface area contributed by atoms with Crippen molar-refractivity contribution in [3.8, 4) is 0 Å². The van der Waals surface area contributed by atoms with Crippen molar-refractivity contribution in [2.75, 3.05) is 19.5 Å². The van der Waals surface area contributed by atoms with Crippen LogP contribution in [0.25, 0.3) is 11.0 Å². The normalized spacial score (nSPS) is 10.9. The highest BCUT2D eigenvalue weighted by atomic mass is 32.2. The van der Waals surface area contributed by atoms with Crippen molar-refractivity contribution in [1.82, 2.24) is 9.97 Å². The number of para-hydroxylation sites is 2. The fraction of sp³-hybridized carbons (Fsp3) is 0.385. The molecule has 0 fully saturated rings. The molecule has 0 saturated heterocycles. The number of aromatic nitrogens is 2. The van der Waals surface area contributed by atoms with Gasteiger partial charge in [-0.15, -0.1) is 0 Å². The summed E-state index contributed by atoms with van der Waals surface area (Å²) in [5.74, 6) is 1.89. The lowest BCUT2D eigenvalue weighted by Crippen LogP contribution is -1.99. The second kappa shape index (κ2) is 5.98. The zero-order chi connectivity index (χ0) is 12.1. The molecule has 0 atom stereocenters. The van der Waals surface area contributed by atoms with Gasteiger partial charge in [-0.05, 0) is 19.1 Å². The number of hydrogen-bond acceptors (Lipinski definition) is 4. The van der Waals surface area contributed by atoms with Gasteiger partial charge in [0, 0.05) is 18.6 Å². The molecule has 0 aliphatic carbocycles. The lowest BCUT2D eigenvalue weighted by atomic mass is 10.2. The molecule has 0 saturated carbocycles. The molecule has 0 aliphatic rings. The average molecular weight is 248 g/mol. The van der Waals surface area contributed by atoms with Crippen molar-refractivity contribution < 1.29 is 4.74 Å². The van der Waals surface area contributed by atoms with Gasteiger partial charge in [-0.3, -0.25) is 0 Å². The summed E-state index contributed by atoms with van der Waals surface area (Å²) in [5.41, 5.74) is 4.04. The minimum atomic E-state index is 0.782. The first-order chi connectivity index (χ1) is 8.31. The molecule has 0 radical (unpaired) electrons. The second-order valence-corrected chi connectivity index (χ2v) is 4.89. The molecular weight excluding hydrogens is 232 g/mol. The van der Waals surface area contributed by atoms with Crippen LogP contribution in [0.3, 0.4) is 0 Å². The summed E-state index contributed by atoms with van der Waals surface area (Å²) in [6, 6.07) is 7.99. The van der Waals surface area contributed by atoms with Gasteiger partial charge in [0.15, 0.2) is 0 Å². The van der Waals surface area contributed by atoms with E-state index in [0.29, 0.717) is 0 Å². The van der Waals surface area contributed by atoms with Crippen LogP contribution in [0.5, 0.6) is 0 Å². The zero-order valence-electron chi connectivity index (χ0n) is 10.1. The van der Waals surface area contributed by atoms with Gasteiger partial charge in [0.1, 0.15) is 0 Å². The van der Waals surface area contributed by atoms with E-state index in [1.54, 1.807) is 7.11 Å². The maximum absolute atomic E-state index is 5.02. The van der Waals surface area contributed by atoms with Crippen LogP contribution in [-0.4, -0.2) is 29.4 Å². The summed E-state index contributed by atoms with van der Waals surface area (Å²) in [6.07, 6.45) is 0. The van der Waals surface area contributed by atoms with Crippen LogP contribution in [0.2, 0.25) is 0 Å². The molecule has 1 aromatic heterocycles. The van der Waals surface area contributed by atoms with Crippen LogP contribution in [-0.2, 0) is 10.5 Å². The fourth-order valence-corrected chi connectivity index (χ4v) is 2.47. The summed E-state index contributed by atoms with van der Waals surface area (Å²) < 4.78 is 5.02. The predicted octanol–water partition coefficient (Wildman–Crippen LogP) is 2.82. The van der Waals surface area contributed by atoms with Crippen molar-refractivity contribution in [3.05, 3.63) is 35.7 Å². The topological polar surface area (TPSA) is 35.0 Å². The Morgan fingerprint density at radius 2 is 1.88 bits per heavy atom. The highest BCUT2D eigenvalue weighted by molar-refractivity contribution is 7.98. The molecule has 0 bridgehead atoms. The van der Waals surface area contributed by atoms with Crippen LogP contribution >= 0.6 is 11.8 Å². The van der Waals surface area contributed by atoms with Crippen molar-refractivity contribution in [2.24, 2.45) is 0 Å². The van der Waals surface area contributed by atoms with E-state index in [4.69, 9.17) is 4.74 Å². The minimum absolute atomic E-state index is 0.782. The van der Waals surface area contributed by atoms with Gasteiger partial charge < -0.3 is 4.74 Å². The number of ether oxygens (including phenoxy) is 1. The van der Waals surface area contributed by atoms with Crippen LogP contribution in [0.4, 0.5) is 0 Å². The Morgan fingerprint density at radius 1 is 1.18 bits per heavy atom. The standard InChI is InChI=1S/C13H16N2OS/c1-10-13(9-17-8-7-16-2)15-12-6-4-3-5-11(12)14-10/h3-6H,7-9H2,1-2H3. The predicted molar refractivity (Wildman–Crippen MR) is 72.3 cm³/mol. The highest BCUT2D eigenvalue weighted by Gasteiger charge is 2.04. The fourth-order valence-electron chi connectivity index (χ4n) is 1.57. The van der Waals surface area contributed by atoms with Crippen molar-refractivity contribution in [3.63, 3.8) is 0 Å². The monoisotopic (exact) mass is 248 g/mol. The maximum atomic E-state index is 5.02. The first-order valence-corrected chi connectivity index (χ1v) is 6.75. The number of hydrogen-bond donors (Lipinski definition) is 0. The van der Waals surface area contributed by atoms with Crippen LogP contribution < -0.4 is 0 Å². The van der Waals surface area contributed by atoms with E-state index in [-0.39, 0.29) is 0 Å². The molecule has 0 N–H and O–H groups in total. The average Bonchev–Trinajstić information content (AvgIpc) is 2.35. The van der Waals surface area contributed by atoms with Gasteiger partial charge in [0.2, 0.25) is 0 Å². The second-order valence-electron chi connectivity index (χ2n) is 3.79. The molecule has 90 valence electrons. The van der Waals surface area contributed by atoms with Crippen LogP contribution in [0.15, 0.2) is 24.3 Å². The Balaban J connectivity index is 2.14. The molecule has 0 unspecified atom stereocenters. The van der Waals surface area contributed by atoms with Crippen LogP contribution in [0, 0.1) is 6.92 Å². The summed E-state index contributed by atoms with van der Waals surface area (Å²) in [5, 5.41) is 0. The lowest BCUT2D eigenvalue weighted by Gasteiger charge is -2.06. The molecule has 0 spiro atoms. The molecule has 2 aromatic rings. The zero-order valence-corrected chi connectivity index (χ0v) is 11.0. The van der Waals surface area contributed by atoms with E-state index in [0.717, 1.165) is 40.5 Å². The summed E-state index contributed by atoms with van der Waals surface area (Å²) in [4.78, 5) is 9.22. The minimum Gasteiger partial charge on any atom is -0.384 e. The largest absolute Gasteiger partial charge is 0.384 e. The van der Waals surface area contributed by atoms with E-state index in [9.17, 15) is 0 Å². The molecule has 2 rings (SSSR count). The van der Waals surface area contributed by atoms with Crippen LogP contribution in [0.1, 0.15) is 11.4 Å². The highest BCUT2D eigenvalue weighted by Crippen LogP contribution is 2.16. The van der Waals surface area contributed by atoms with E-state index >= 15 is 0 Å². The summed E-state index contributed by atoms with van der Waals surface area (Å²) in [7, 11) is 1.72. The number of benzene rings is 1. The van der Waals surface area contributed by atoms with Gasteiger partial charge in [-0.25, -0.2) is 9.97 Å². The smallest absolute Gasteiger partial charge is 0.0890 e. The molecule has 3 nitrogen and oxygen atoms in total. The quantitative estimate of drug-likeness (QED) is 0.762. The molecular formula is C13H16N2OS. The third kappa shape index (κ3) is 3.17. The number of thioether (sulfide) groups is 1. The number of aryl methyl sites for hydroxylation is 1. The van der Waals surface area contributed by atoms with Crippen molar-refractivity contribution in [2.45, 2.75) is 12.7 Å². The molecule has 1 heterocycles. The Morgan fingerprint density at radius 3 is 2.59 bits per heavy atom. The van der Waals surface area contributed by atoms with Gasteiger partial charge in [0.25, 0.3) is 0 Å². The third-order valence-corrected chi connectivity index (χ3v) is 3.45. The van der Waals surface area contributed by atoms with Gasteiger partial charge in [-0.2, -0.15) is 11.8 Å². The van der Waals surface area contributed by atoms with E-state index in [1.807, 2.05) is 43.0 Å². The Labute approximate surface area is 106 Å².